The van der Waals surface area contributed by atoms with Gasteiger partial charge in [-0.2, -0.15) is 0 Å². The molecule has 2 atom stereocenters. The number of rotatable bonds is 9. The Morgan fingerprint density at radius 1 is 1.19 bits per heavy atom. The number of para-hydroxylation sites is 1. The molecule has 0 N–H and O–H groups in total. The average molecular weight is 511 g/mol. The van der Waals surface area contributed by atoms with Crippen LogP contribution in [0.5, 0.6) is 11.5 Å². The van der Waals surface area contributed by atoms with Crippen molar-refractivity contribution >= 4 is 23.2 Å². The van der Waals surface area contributed by atoms with Gasteiger partial charge >= 0.3 is 0 Å². The largest absolute Gasteiger partial charge is 0.497 e. The highest BCUT2D eigenvalue weighted by molar-refractivity contribution is 7.10. The van der Waals surface area contributed by atoms with Crippen LogP contribution in [0.25, 0.3) is 0 Å². The highest BCUT2D eigenvalue weighted by Crippen LogP contribution is 2.34. The first-order chi connectivity index (χ1) is 17.4. The van der Waals surface area contributed by atoms with Gasteiger partial charge in [0.05, 0.1) is 13.2 Å². The van der Waals surface area contributed by atoms with Crippen molar-refractivity contribution in [2.24, 2.45) is 0 Å². The Hall–Kier alpha value is -3.39. The molecule has 2 aromatic carbocycles. The van der Waals surface area contributed by atoms with Crippen molar-refractivity contribution in [3.8, 4) is 11.5 Å². The Balaban J connectivity index is 1.56. The zero-order valence-electron chi connectivity index (χ0n) is 20.8. The topological polar surface area (TPSA) is 59.1 Å². The molecular formula is C28H31FN2O4S. The number of carbonyl (C=O) groups is 2. The average Bonchev–Trinajstić information content (AvgIpc) is 3.39. The monoisotopic (exact) mass is 510 g/mol. The van der Waals surface area contributed by atoms with Crippen LogP contribution in [-0.2, 0) is 11.2 Å². The molecule has 1 aromatic heterocycles. The third kappa shape index (κ3) is 5.54. The fourth-order valence-corrected chi connectivity index (χ4v) is 5.34. The van der Waals surface area contributed by atoms with E-state index in [1.54, 1.807) is 70.7 Å². The summed E-state index contributed by atoms with van der Waals surface area (Å²) in [6.07, 6.45) is 1.44. The standard InChI is InChI=1S/C28H31FN2O4S/c1-4-19(2)31(28(33)20-8-7-9-21(16-20)34-3)17-27(32)30-14-12-26-22(13-15-36-26)24(30)18-35-25-11-6-5-10-23(25)29/h5-11,13,15-16,19,24H,4,12,14,17-18H2,1-3H3. The number of nitrogens with zero attached hydrogens (tertiary/aromatic N) is 2. The number of hydrogen-bond donors (Lipinski definition) is 0. The molecule has 2 amide bonds. The minimum absolute atomic E-state index is 0.0548. The molecule has 2 unspecified atom stereocenters. The Morgan fingerprint density at radius 3 is 2.75 bits per heavy atom. The zero-order chi connectivity index (χ0) is 25.7. The molecule has 2 heterocycles. The number of ether oxygens (including phenoxy) is 2. The molecular weight excluding hydrogens is 479 g/mol. The second-order valence-corrected chi connectivity index (χ2v) is 9.82. The Labute approximate surface area is 215 Å². The fraction of sp³-hybridized carbons (Fsp3) is 0.357. The number of hydrogen-bond acceptors (Lipinski definition) is 5. The number of thiophene rings is 1. The highest BCUT2D eigenvalue weighted by atomic mass is 32.1. The van der Waals surface area contributed by atoms with E-state index in [2.05, 4.69) is 0 Å². The van der Waals surface area contributed by atoms with Crippen molar-refractivity contribution in [1.29, 1.82) is 0 Å². The molecule has 190 valence electrons. The van der Waals surface area contributed by atoms with Crippen LogP contribution in [0, 0.1) is 5.82 Å². The molecule has 4 rings (SSSR count). The third-order valence-corrected chi connectivity index (χ3v) is 7.65. The minimum Gasteiger partial charge on any atom is -0.497 e. The first-order valence-electron chi connectivity index (χ1n) is 12.1. The lowest BCUT2D eigenvalue weighted by Crippen LogP contribution is -2.49. The molecule has 8 heteroatoms. The molecule has 0 aliphatic carbocycles. The van der Waals surface area contributed by atoms with E-state index in [4.69, 9.17) is 9.47 Å². The number of benzene rings is 2. The summed E-state index contributed by atoms with van der Waals surface area (Å²) in [6, 6.07) is 14.7. The summed E-state index contributed by atoms with van der Waals surface area (Å²) in [7, 11) is 1.55. The smallest absolute Gasteiger partial charge is 0.254 e. The van der Waals surface area contributed by atoms with Gasteiger partial charge < -0.3 is 19.3 Å². The van der Waals surface area contributed by atoms with Crippen LogP contribution >= 0.6 is 11.3 Å². The molecule has 0 fully saturated rings. The molecule has 0 radical (unpaired) electrons. The van der Waals surface area contributed by atoms with Crippen molar-refractivity contribution < 1.29 is 23.5 Å². The Bertz CT molecular complexity index is 1210. The predicted molar refractivity (Wildman–Crippen MR) is 138 cm³/mol. The lowest BCUT2D eigenvalue weighted by Gasteiger charge is -2.38. The van der Waals surface area contributed by atoms with Gasteiger partial charge in [0.15, 0.2) is 11.6 Å². The highest BCUT2D eigenvalue weighted by Gasteiger charge is 2.34. The molecule has 3 aromatic rings. The Kier molecular flexibility index (Phi) is 8.25. The quantitative estimate of drug-likeness (QED) is 0.390. The summed E-state index contributed by atoms with van der Waals surface area (Å²) >= 11 is 1.65. The van der Waals surface area contributed by atoms with Gasteiger partial charge in [-0.25, -0.2) is 4.39 Å². The van der Waals surface area contributed by atoms with Crippen LogP contribution in [0.2, 0.25) is 0 Å². The molecule has 0 saturated carbocycles. The van der Waals surface area contributed by atoms with Gasteiger partial charge in [-0.3, -0.25) is 9.59 Å². The summed E-state index contributed by atoms with van der Waals surface area (Å²) in [4.78, 5) is 31.7. The van der Waals surface area contributed by atoms with E-state index in [-0.39, 0.29) is 42.8 Å². The molecule has 36 heavy (non-hydrogen) atoms. The van der Waals surface area contributed by atoms with Gasteiger partial charge in [0.25, 0.3) is 5.91 Å². The van der Waals surface area contributed by atoms with Crippen LogP contribution in [0.3, 0.4) is 0 Å². The molecule has 6 nitrogen and oxygen atoms in total. The van der Waals surface area contributed by atoms with E-state index in [1.807, 2.05) is 25.3 Å². The maximum absolute atomic E-state index is 14.2. The molecule has 0 bridgehead atoms. The lowest BCUT2D eigenvalue weighted by molar-refractivity contribution is -0.136. The second kappa shape index (κ2) is 11.6. The first kappa shape index (κ1) is 25.7. The maximum atomic E-state index is 14.2. The van der Waals surface area contributed by atoms with E-state index in [0.29, 0.717) is 24.3 Å². The number of halogens is 1. The summed E-state index contributed by atoms with van der Waals surface area (Å²) in [5, 5.41) is 2.01. The first-order valence-corrected chi connectivity index (χ1v) is 13.0. The van der Waals surface area contributed by atoms with Gasteiger partial charge in [-0.1, -0.05) is 25.1 Å². The molecule has 1 aliphatic heterocycles. The number of methoxy groups -OCH3 is 1. The van der Waals surface area contributed by atoms with Crippen molar-refractivity contribution in [2.75, 3.05) is 26.8 Å². The van der Waals surface area contributed by atoms with E-state index >= 15 is 0 Å². The van der Waals surface area contributed by atoms with Crippen molar-refractivity contribution in [2.45, 2.75) is 38.8 Å². The zero-order valence-corrected chi connectivity index (χ0v) is 21.6. The predicted octanol–water partition coefficient (Wildman–Crippen LogP) is 5.34. The summed E-state index contributed by atoms with van der Waals surface area (Å²) in [5.74, 6) is -0.0811. The number of amides is 2. The van der Waals surface area contributed by atoms with Crippen LogP contribution in [-0.4, -0.2) is 54.5 Å². The fourth-order valence-electron chi connectivity index (χ4n) is 4.41. The lowest BCUT2D eigenvalue weighted by atomic mass is 10.00. The van der Waals surface area contributed by atoms with Crippen LogP contribution in [0.1, 0.15) is 47.1 Å². The SMILES string of the molecule is CCC(C)N(CC(=O)N1CCc2sccc2C1COc1ccccc1F)C(=O)c1cccc(OC)c1. The maximum Gasteiger partial charge on any atom is 0.254 e. The number of carbonyl (C=O) groups excluding carboxylic acids is 2. The normalized spacial score (nSPS) is 15.7. The third-order valence-electron chi connectivity index (χ3n) is 6.65. The van der Waals surface area contributed by atoms with E-state index in [1.165, 1.54) is 10.9 Å². The van der Waals surface area contributed by atoms with Crippen molar-refractivity contribution in [1.82, 2.24) is 9.80 Å². The Morgan fingerprint density at radius 2 is 2.00 bits per heavy atom. The van der Waals surface area contributed by atoms with E-state index in [0.717, 1.165) is 12.0 Å². The van der Waals surface area contributed by atoms with Gasteiger partial charge in [-0.05, 0) is 67.1 Å². The molecule has 0 spiro atoms. The van der Waals surface area contributed by atoms with Crippen LogP contribution in [0.4, 0.5) is 4.39 Å². The van der Waals surface area contributed by atoms with Crippen molar-refractivity contribution in [3.05, 3.63) is 81.8 Å². The van der Waals surface area contributed by atoms with Gasteiger partial charge in [0.1, 0.15) is 18.9 Å². The van der Waals surface area contributed by atoms with Crippen molar-refractivity contribution in [3.63, 3.8) is 0 Å². The molecule has 0 saturated heterocycles. The van der Waals surface area contributed by atoms with Crippen LogP contribution in [0.15, 0.2) is 60.0 Å². The van der Waals surface area contributed by atoms with Crippen LogP contribution < -0.4 is 9.47 Å². The van der Waals surface area contributed by atoms with Gasteiger partial charge in [0, 0.05) is 23.0 Å². The summed E-state index contributed by atoms with van der Waals surface area (Å²) in [6.45, 7) is 4.52. The molecule has 1 aliphatic rings. The van der Waals surface area contributed by atoms with Gasteiger partial charge in [0.2, 0.25) is 5.91 Å². The van der Waals surface area contributed by atoms with E-state index < -0.39 is 5.82 Å². The number of fused-ring (bicyclic) bond motifs is 1. The van der Waals surface area contributed by atoms with E-state index in [9.17, 15) is 14.0 Å². The minimum atomic E-state index is -0.441. The summed E-state index contributed by atoms with van der Waals surface area (Å²) < 4.78 is 25.3. The second-order valence-electron chi connectivity index (χ2n) is 8.82. The van der Waals surface area contributed by atoms with Gasteiger partial charge in [-0.15, -0.1) is 11.3 Å². The summed E-state index contributed by atoms with van der Waals surface area (Å²) in [5.41, 5.74) is 1.49.